The molecule has 33 heavy (non-hydrogen) atoms. The third-order valence-electron chi connectivity index (χ3n) is 5.03. The molecule has 8 nitrogen and oxygen atoms in total. The third kappa shape index (κ3) is 4.55. The van der Waals surface area contributed by atoms with Gasteiger partial charge in [-0.15, -0.1) is 11.3 Å². The smallest absolute Gasteiger partial charge is 0.404 e. The van der Waals surface area contributed by atoms with Gasteiger partial charge in [-0.2, -0.15) is 0 Å². The molecule has 0 aliphatic rings. The number of fused-ring (bicyclic) bond motifs is 2. The SMILES string of the molecule is O=C(O)NCCn1ccc2ncnc(Nc3ccc(Oc4ccc5ccsc5c4)c(Cl)c3)c21. The van der Waals surface area contributed by atoms with Crippen molar-refractivity contribution in [2.45, 2.75) is 6.54 Å². The normalized spacial score (nSPS) is 11.1. The number of carboxylic acid groups (broad SMARTS) is 1. The molecule has 0 spiro atoms. The number of nitrogens with zero attached hydrogens (tertiary/aromatic N) is 3. The maximum Gasteiger partial charge on any atom is 0.404 e. The van der Waals surface area contributed by atoms with E-state index < -0.39 is 6.09 Å². The van der Waals surface area contributed by atoms with Crippen LogP contribution in [-0.4, -0.2) is 32.3 Å². The fourth-order valence-corrected chi connectivity index (χ4v) is 4.55. The monoisotopic (exact) mass is 479 g/mol. The average Bonchev–Trinajstić information content (AvgIpc) is 3.43. The van der Waals surface area contributed by atoms with Gasteiger partial charge in [-0.1, -0.05) is 11.6 Å². The number of ether oxygens (including phenoxy) is 1. The second kappa shape index (κ2) is 8.97. The molecule has 0 radical (unpaired) electrons. The topological polar surface area (TPSA) is 101 Å². The molecule has 0 unspecified atom stereocenters. The number of carbonyl (C=O) groups is 1. The fraction of sp³-hybridized carbons (Fsp3) is 0.0870. The number of benzene rings is 2. The summed E-state index contributed by atoms with van der Waals surface area (Å²) in [5.41, 5.74) is 2.25. The van der Waals surface area contributed by atoms with E-state index in [1.165, 1.54) is 11.7 Å². The Labute approximate surface area is 197 Å². The van der Waals surface area contributed by atoms with E-state index in [2.05, 4.69) is 26.7 Å². The van der Waals surface area contributed by atoms with Crippen LogP contribution >= 0.6 is 22.9 Å². The summed E-state index contributed by atoms with van der Waals surface area (Å²) in [5.74, 6) is 1.86. The minimum absolute atomic E-state index is 0.266. The van der Waals surface area contributed by atoms with Gasteiger partial charge in [-0.3, -0.25) is 0 Å². The van der Waals surface area contributed by atoms with E-state index >= 15 is 0 Å². The molecular formula is C23H18ClN5O3S. The van der Waals surface area contributed by atoms with Crippen molar-refractivity contribution in [2.75, 3.05) is 11.9 Å². The largest absolute Gasteiger partial charge is 0.465 e. The van der Waals surface area contributed by atoms with Crippen molar-refractivity contribution in [1.29, 1.82) is 0 Å². The van der Waals surface area contributed by atoms with Crippen molar-refractivity contribution in [3.05, 3.63) is 71.5 Å². The van der Waals surface area contributed by atoms with E-state index in [0.717, 1.165) is 27.2 Å². The van der Waals surface area contributed by atoms with E-state index in [1.54, 1.807) is 23.5 Å². The highest BCUT2D eigenvalue weighted by Gasteiger charge is 2.12. The van der Waals surface area contributed by atoms with Gasteiger partial charge in [0.25, 0.3) is 0 Å². The number of aromatic nitrogens is 3. The summed E-state index contributed by atoms with van der Waals surface area (Å²) >= 11 is 8.16. The first kappa shape index (κ1) is 21.0. The Balaban J connectivity index is 1.36. The molecule has 3 aromatic heterocycles. The van der Waals surface area contributed by atoms with Crippen LogP contribution in [0.2, 0.25) is 5.02 Å². The van der Waals surface area contributed by atoms with Gasteiger partial charge in [0.15, 0.2) is 5.82 Å². The predicted octanol–water partition coefficient (Wildman–Crippen LogP) is 6.10. The van der Waals surface area contributed by atoms with E-state index in [-0.39, 0.29) is 6.54 Å². The summed E-state index contributed by atoms with van der Waals surface area (Å²) in [4.78, 5) is 19.4. The molecule has 0 bridgehead atoms. The van der Waals surface area contributed by atoms with E-state index in [1.807, 2.05) is 46.5 Å². The van der Waals surface area contributed by atoms with Crippen molar-refractivity contribution < 1.29 is 14.6 Å². The number of hydrogen-bond donors (Lipinski definition) is 3. The van der Waals surface area contributed by atoms with Crippen LogP contribution < -0.4 is 15.4 Å². The summed E-state index contributed by atoms with van der Waals surface area (Å²) < 4.78 is 9.04. The molecule has 0 atom stereocenters. The summed E-state index contributed by atoms with van der Waals surface area (Å²) in [6, 6.07) is 15.3. The van der Waals surface area contributed by atoms with E-state index in [4.69, 9.17) is 21.4 Å². The van der Waals surface area contributed by atoms with Gasteiger partial charge >= 0.3 is 6.09 Å². The summed E-state index contributed by atoms with van der Waals surface area (Å²) in [7, 11) is 0. The lowest BCUT2D eigenvalue weighted by molar-refractivity contribution is 0.194. The summed E-state index contributed by atoms with van der Waals surface area (Å²) in [6.45, 7) is 0.711. The van der Waals surface area contributed by atoms with Crippen LogP contribution in [0.3, 0.4) is 0 Å². The highest BCUT2D eigenvalue weighted by molar-refractivity contribution is 7.17. The Morgan fingerprint density at radius 1 is 1.15 bits per heavy atom. The molecule has 0 saturated carbocycles. The first-order valence-electron chi connectivity index (χ1n) is 10.1. The van der Waals surface area contributed by atoms with Crippen LogP contribution in [0.5, 0.6) is 11.5 Å². The molecule has 0 fully saturated rings. The average molecular weight is 480 g/mol. The molecular weight excluding hydrogens is 462 g/mol. The Hall–Kier alpha value is -3.82. The highest BCUT2D eigenvalue weighted by atomic mass is 35.5. The van der Waals surface area contributed by atoms with Gasteiger partial charge < -0.3 is 25.0 Å². The molecule has 0 saturated heterocycles. The van der Waals surface area contributed by atoms with Crippen molar-refractivity contribution in [3.8, 4) is 11.5 Å². The molecule has 5 aromatic rings. The number of amides is 1. The number of hydrogen-bond acceptors (Lipinski definition) is 6. The molecule has 3 heterocycles. The molecule has 5 rings (SSSR count). The Morgan fingerprint density at radius 3 is 2.91 bits per heavy atom. The van der Waals surface area contributed by atoms with Crippen LogP contribution in [0.15, 0.2) is 66.4 Å². The van der Waals surface area contributed by atoms with Gasteiger partial charge in [0, 0.05) is 29.7 Å². The highest BCUT2D eigenvalue weighted by Crippen LogP contribution is 2.35. The van der Waals surface area contributed by atoms with Crippen molar-refractivity contribution >= 4 is 61.7 Å². The van der Waals surface area contributed by atoms with Gasteiger partial charge in [-0.25, -0.2) is 14.8 Å². The predicted molar refractivity (Wildman–Crippen MR) is 130 cm³/mol. The quantitative estimate of drug-likeness (QED) is 0.260. The summed E-state index contributed by atoms with van der Waals surface area (Å²) in [5, 5.41) is 18.1. The zero-order valence-corrected chi connectivity index (χ0v) is 18.7. The fourth-order valence-electron chi connectivity index (χ4n) is 3.52. The standard InChI is InChI=1S/C23H18ClN5O3S/c24-17-11-15(2-4-19(17)32-16-3-1-14-6-10-33-20(14)12-16)28-22-21-18(26-13-27-22)5-8-29(21)9-7-25-23(30)31/h1-6,8,10-13,25H,7,9H2,(H,30,31)(H,26,27,28). The molecule has 10 heteroatoms. The maximum absolute atomic E-state index is 10.7. The molecule has 2 aromatic carbocycles. The Morgan fingerprint density at radius 2 is 2.06 bits per heavy atom. The first-order valence-corrected chi connectivity index (χ1v) is 11.3. The number of nitrogens with one attached hydrogen (secondary N) is 2. The second-order valence-corrected chi connectivity index (χ2v) is 8.54. The second-order valence-electron chi connectivity index (χ2n) is 7.19. The van der Waals surface area contributed by atoms with Crippen LogP contribution in [-0.2, 0) is 6.54 Å². The van der Waals surface area contributed by atoms with Crippen LogP contribution in [0, 0.1) is 0 Å². The van der Waals surface area contributed by atoms with Crippen LogP contribution in [0.1, 0.15) is 0 Å². The number of thiophene rings is 1. The zero-order chi connectivity index (χ0) is 22.8. The Kier molecular flexibility index (Phi) is 5.72. The van der Waals surface area contributed by atoms with Crippen molar-refractivity contribution in [1.82, 2.24) is 19.9 Å². The molecule has 1 amide bonds. The molecule has 166 valence electrons. The lowest BCUT2D eigenvalue weighted by atomic mass is 10.2. The minimum atomic E-state index is -1.06. The zero-order valence-electron chi connectivity index (χ0n) is 17.2. The van der Waals surface area contributed by atoms with E-state index in [0.29, 0.717) is 23.1 Å². The van der Waals surface area contributed by atoms with E-state index in [9.17, 15) is 4.79 Å². The van der Waals surface area contributed by atoms with Crippen molar-refractivity contribution in [2.24, 2.45) is 0 Å². The summed E-state index contributed by atoms with van der Waals surface area (Å²) in [6.07, 6.45) is 2.26. The minimum Gasteiger partial charge on any atom is -0.465 e. The lowest BCUT2D eigenvalue weighted by Gasteiger charge is -2.12. The molecule has 0 aliphatic heterocycles. The van der Waals surface area contributed by atoms with Gasteiger partial charge in [0.05, 0.1) is 10.5 Å². The Bertz CT molecular complexity index is 1470. The number of halogens is 1. The third-order valence-corrected chi connectivity index (χ3v) is 6.20. The number of anilines is 2. The van der Waals surface area contributed by atoms with Gasteiger partial charge in [0.2, 0.25) is 0 Å². The maximum atomic E-state index is 10.7. The van der Waals surface area contributed by atoms with Crippen LogP contribution in [0.4, 0.5) is 16.3 Å². The van der Waals surface area contributed by atoms with Crippen LogP contribution in [0.25, 0.3) is 21.1 Å². The number of rotatable bonds is 7. The lowest BCUT2D eigenvalue weighted by Crippen LogP contribution is -2.25. The van der Waals surface area contributed by atoms with Crippen molar-refractivity contribution in [3.63, 3.8) is 0 Å². The van der Waals surface area contributed by atoms with Gasteiger partial charge in [0.1, 0.15) is 23.3 Å². The molecule has 0 aliphatic carbocycles. The van der Waals surface area contributed by atoms with Gasteiger partial charge in [-0.05, 0) is 59.3 Å². The first-order chi connectivity index (χ1) is 16.1. The molecule has 3 N–H and O–H groups in total.